The predicted molar refractivity (Wildman–Crippen MR) is 84.5 cm³/mol. The molecule has 0 atom stereocenters. The van der Waals surface area contributed by atoms with E-state index in [1.54, 1.807) is 6.92 Å². The number of primary amides is 1. The van der Waals surface area contributed by atoms with Crippen LogP contribution >= 0.6 is 0 Å². The highest BCUT2D eigenvalue weighted by Gasteiger charge is 1.96. The quantitative estimate of drug-likeness (QED) is 0.449. The first-order chi connectivity index (χ1) is 9.63. The summed E-state index contributed by atoms with van der Waals surface area (Å²) in [5, 5.41) is 0. The fourth-order valence-corrected chi connectivity index (χ4v) is 2.44. The molecular formula is C17H33NO2. The molecule has 0 heterocycles. The lowest BCUT2D eigenvalue weighted by Crippen LogP contribution is -2.09. The summed E-state index contributed by atoms with van der Waals surface area (Å²) >= 11 is 0. The normalized spacial score (nSPS) is 10.7. The summed E-state index contributed by atoms with van der Waals surface area (Å²) in [5.74, 6) is 0.147. The lowest BCUT2D eigenvalue weighted by molar-refractivity contribution is -0.118. The molecule has 0 spiro atoms. The molecule has 2 N–H and O–H groups in total. The number of hydrogen-bond acceptors (Lipinski definition) is 2. The molecule has 118 valence electrons. The van der Waals surface area contributed by atoms with E-state index in [0.717, 1.165) is 25.7 Å². The zero-order valence-electron chi connectivity index (χ0n) is 13.3. The van der Waals surface area contributed by atoms with E-state index >= 15 is 0 Å². The Morgan fingerprint density at radius 1 is 0.600 bits per heavy atom. The maximum Gasteiger partial charge on any atom is 0.217 e. The third kappa shape index (κ3) is 17.1. The Labute approximate surface area is 124 Å². The molecule has 0 aromatic heterocycles. The Morgan fingerprint density at radius 2 is 0.900 bits per heavy atom. The van der Waals surface area contributed by atoms with Crippen LogP contribution in [-0.2, 0) is 9.59 Å². The second-order valence-corrected chi connectivity index (χ2v) is 5.91. The van der Waals surface area contributed by atoms with Gasteiger partial charge in [-0.15, -0.1) is 0 Å². The van der Waals surface area contributed by atoms with Crippen molar-refractivity contribution in [2.24, 2.45) is 5.73 Å². The Hall–Kier alpha value is -0.860. The Morgan fingerprint density at radius 3 is 1.20 bits per heavy atom. The summed E-state index contributed by atoms with van der Waals surface area (Å²) in [4.78, 5) is 21.3. The van der Waals surface area contributed by atoms with Crippen molar-refractivity contribution >= 4 is 11.7 Å². The van der Waals surface area contributed by atoms with Crippen molar-refractivity contribution in [3.63, 3.8) is 0 Å². The highest BCUT2D eigenvalue weighted by atomic mass is 16.1. The van der Waals surface area contributed by atoms with Gasteiger partial charge >= 0.3 is 0 Å². The van der Waals surface area contributed by atoms with Gasteiger partial charge in [0.15, 0.2) is 0 Å². The number of unbranched alkanes of at least 4 members (excludes halogenated alkanes) is 11. The number of hydrogen-bond donors (Lipinski definition) is 1. The van der Waals surface area contributed by atoms with E-state index in [0.29, 0.717) is 12.2 Å². The van der Waals surface area contributed by atoms with Crippen LogP contribution < -0.4 is 5.73 Å². The van der Waals surface area contributed by atoms with Crippen LogP contribution in [0.4, 0.5) is 0 Å². The standard InChI is InChI=1S/C17H33NO2/c1-16(19)14-12-10-8-6-4-2-3-5-7-9-11-13-15-17(18)20/h2-15H2,1H3,(H2,18,20). The number of carbonyl (C=O) groups is 2. The Balaban J connectivity index is 2.99. The second kappa shape index (κ2) is 14.5. The molecule has 0 rings (SSSR count). The molecule has 0 saturated carbocycles. The molecule has 3 nitrogen and oxygen atoms in total. The number of carbonyl (C=O) groups excluding carboxylic acids is 2. The molecule has 3 heteroatoms. The zero-order chi connectivity index (χ0) is 15.1. The smallest absolute Gasteiger partial charge is 0.217 e. The van der Waals surface area contributed by atoms with Gasteiger partial charge < -0.3 is 10.5 Å². The van der Waals surface area contributed by atoms with Crippen LogP contribution in [0.3, 0.4) is 0 Å². The van der Waals surface area contributed by atoms with E-state index in [1.807, 2.05) is 0 Å². The maximum atomic E-state index is 10.8. The van der Waals surface area contributed by atoms with E-state index < -0.39 is 0 Å². The molecule has 0 radical (unpaired) electrons. The molecular weight excluding hydrogens is 250 g/mol. The average Bonchev–Trinajstić information content (AvgIpc) is 2.38. The van der Waals surface area contributed by atoms with Crippen LogP contribution in [0.2, 0.25) is 0 Å². The molecule has 0 aliphatic heterocycles. The minimum Gasteiger partial charge on any atom is -0.370 e. The van der Waals surface area contributed by atoms with Crippen LogP contribution in [0.1, 0.15) is 96.8 Å². The van der Waals surface area contributed by atoms with E-state index in [4.69, 9.17) is 5.73 Å². The lowest BCUT2D eigenvalue weighted by atomic mass is 10.0. The Bertz CT molecular complexity index is 225. The second-order valence-electron chi connectivity index (χ2n) is 5.91. The monoisotopic (exact) mass is 283 g/mol. The zero-order valence-corrected chi connectivity index (χ0v) is 13.3. The van der Waals surface area contributed by atoms with Gasteiger partial charge in [0.05, 0.1) is 0 Å². The summed E-state index contributed by atoms with van der Waals surface area (Å²) in [6.45, 7) is 1.67. The first-order valence-corrected chi connectivity index (χ1v) is 8.40. The molecule has 0 saturated heterocycles. The Kier molecular flexibility index (Phi) is 13.9. The first-order valence-electron chi connectivity index (χ1n) is 8.40. The van der Waals surface area contributed by atoms with Crippen molar-refractivity contribution in [3.8, 4) is 0 Å². The highest BCUT2D eigenvalue weighted by molar-refractivity contribution is 5.75. The van der Waals surface area contributed by atoms with Gasteiger partial charge in [-0.1, -0.05) is 64.2 Å². The van der Waals surface area contributed by atoms with Crippen molar-refractivity contribution in [3.05, 3.63) is 0 Å². The minimum atomic E-state index is -0.173. The van der Waals surface area contributed by atoms with Crippen molar-refractivity contribution in [2.75, 3.05) is 0 Å². The number of nitrogens with two attached hydrogens (primary N) is 1. The van der Waals surface area contributed by atoms with E-state index in [1.165, 1.54) is 57.8 Å². The molecule has 0 bridgehead atoms. The summed E-state index contributed by atoms with van der Waals surface area (Å²) in [5.41, 5.74) is 5.09. The molecule has 0 aliphatic rings. The summed E-state index contributed by atoms with van der Waals surface area (Å²) in [6, 6.07) is 0. The fourth-order valence-electron chi connectivity index (χ4n) is 2.44. The van der Waals surface area contributed by atoms with Gasteiger partial charge in [0.2, 0.25) is 5.91 Å². The summed E-state index contributed by atoms with van der Waals surface area (Å²) in [6.07, 6.45) is 16.1. The molecule has 0 fully saturated rings. The number of ketones is 1. The van der Waals surface area contributed by atoms with Crippen molar-refractivity contribution < 1.29 is 9.59 Å². The highest BCUT2D eigenvalue weighted by Crippen LogP contribution is 2.12. The van der Waals surface area contributed by atoms with Crippen molar-refractivity contribution in [1.82, 2.24) is 0 Å². The predicted octanol–water partition coefficient (Wildman–Crippen LogP) is 4.52. The third-order valence-electron chi connectivity index (χ3n) is 3.70. The SMILES string of the molecule is CC(=O)CCCCCCCCCCCCCCC(N)=O. The molecule has 0 aliphatic carbocycles. The molecule has 20 heavy (non-hydrogen) atoms. The van der Waals surface area contributed by atoms with Crippen LogP contribution in [0.25, 0.3) is 0 Å². The van der Waals surface area contributed by atoms with Gasteiger partial charge in [0.1, 0.15) is 5.78 Å². The van der Waals surface area contributed by atoms with E-state index in [-0.39, 0.29) is 5.91 Å². The van der Waals surface area contributed by atoms with Crippen LogP contribution in [0, 0.1) is 0 Å². The fraction of sp³-hybridized carbons (Fsp3) is 0.882. The van der Waals surface area contributed by atoms with Gasteiger partial charge in [-0.25, -0.2) is 0 Å². The van der Waals surface area contributed by atoms with E-state index in [2.05, 4.69) is 0 Å². The number of Topliss-reactive ketones (excluding diaryl/α,β-unsaturated/α-hetero) is 1. The van der Waals surface area contributed by atoms with E-state index in [9.17, 15) is 9.59 Å². The topological polar surface area (TPSA) is 60.2 Å². The van der Waals surface area contributed by atoms with Gasteiger partial charge in [-0.05, 0) is 19.8 Å². The van der Waals surface area contributed by atoms with Gasteiger partial charge in [0.25, 0.3) is 0 Å². The van der Waals surface area contributed by atoms with Crippen molar-refractivity contribution in [2.45, 2.75) is 96.8 Å². The largest absolute Gasteiger partial charge is 0.370 e. The number of rotatable bonds is 15. The molecule has 0 aromatic rings. The summed E-state index contributed by atoms with van der Waals surface area (Å²) < 4.78 is 0. The van der Waals surface area contributed by atoms with Crippen LogP contribution in [0.15, 0.2) is 0 Å². The maximum absolute atomic E-state index is 10.8. The van der Waals surface area contributed by atoms with Gasteiger partial charge in [0, 0.05) is 12.8 Å². The minimum absolute atomic E-state index is 0.173. The lowest BCUT2D eigenvalue weighted by Gasteiger charge is -2.02. The third-order valence-corrected chi connectivity index (χ3v) is 3.70. The molecule has 1 amide bonds. The van der Waals surface area contributed by atoms with Gasteiger partial charge in [-0.2, -0.15) is 0 Å². The van der Waals surface area contributed by atoms with Gasteiger partial charge in [-0.3, -0.25) is 4.79 Å². The summed E-state index contributed by atoms with van der Waals surface area (Å²) in [7, 11) is 0. The number of amides is 1. The van der Waals surface area contributed by atoms with Crippen molar-refractivity contribution in [1.29, 1.82) is 0 Å². The molecule has 0 unspecified atom stereocenters. The van der Waals surface area contributed by atoms with Crippen LogP contribution in [0.5, 0.6) is 0 Å². The molecule has 0 aromatic carbocycles. The average molecular weight is 283 g/mol. The van der Waals surface area contributed by atoms with Crippen LogP contribution in [-0.4, -0.2) is 11.7 Å². The first kappa shape index (κ1) is 19.1.